The Balaban J connectivity index is 2.07. The molecule has 0 radical (unpaired) electrons. The Bertz CT molecular complexity index is 740. The molecule has 1 aliphatic heterocycles. The number of allylic oxidation sites excluding steroid dienone is 3. The molecule has 1 aromatic rings. The van der Waals surface area contributed by atoms with Crippen molar-refractivity contribution in [3.05, 3.63) is 65.0 Å². The van der Waals surface area contributed by atoms with E-state index in [4.69, 9.17) is 21.1 Å². The second-order valence-corrected chi connectivity index (χ2v) is 6.19. The first-order valence-electron chi connectivity index (χ1n) is 7.42. The highest BCUT2D eigenvalue weighted by atomic mass is 35.5. The Labute approximate surface area is 150 Å². The summed E-state index contributed by atoms with van der Waals surface area (Å²) in [5.41, 5.74) is 0.529. The van der Waals surface area contributed by atoms with Gasteiger partial charge in [-0.15, -0.1) is 0 Å². The summed E-state index contributed by atoms with van der Waals surface area (Å²) in [6.07, 6.45) is 5.59. The van der Waals surface area contributed by atoms with Gasteiger partial charge in [0.25, 0.3) is 5.79 Å². The third kappa shape index (κ3) is 5.12. The number of carbonyl (C=O) groups is 2. The molecule has 0 spiro atoms. The first-order valence-corrected chi connectivity index (χ1v) is 7.80. The van der Waals surface area contributed by atoms with E-state index in [0.29, 0.717) is 5.02 Å². The smallest absolute Gasteiger partial charge is 0.348 e. The highest BCUT2D eigenvalue weighted by molar-refractivity contribution is 6.30. The zero-order valence-electron chi connectivity index (χ0n) is 14.0. The van der Waals surface area contributed by atoms with E-state index in [9.17, 15) is 14.7 Å². The molecule has 0 aromatic heterocycles. The Morgan fingerprint density at radius 1 is 1.16 bits per heavy atom. The maximum absolute atomic E-state index is 11.8. The molecule has 2 rings (SSSR count). The number of carbonyl (C=O) groups excluding carboxylic acids is 2. The summed E-state index contributed by atoms with van der Waals surface area (Å²) < 4.78 is 9.88. The van der Waals surface area contributed by atoms with E-state index in [-0.39, 0.29) is 11.3 Å². The summed E-state index contributed by atoms with van der Waals surface area (Å²) in [5.74, 6) is -3.29. The van der Waals surface area contributed by atoms with E-state index in [1.807, 2.05) is 19.2 Å². The van der Waals surface area contributed by atoms with E-state index in [1.165, 1.54) is 19.9 Å². The summed E-state index contributed by atoms with van der Waals surface area (Å²) in [4.78, 5) is 25.4. The number of anilines is 1. The van der Waals surface area contributed by atoms with Gasteiger partial charge >= 0.3 is 11.9 Å². The fraction of sp³-hybridized carbons (Fsp3) is 0.222. The van der Waals surface area contributed by atoms with Crippen molar-refractivity contribution in [3.63, 3.8) is 0 Å². The summed E-state index contributed by atoms with van der Waals surface area (Å²) >= 11 is 5.84. The molecule has 1 saturated heterocycles. The number of nitrogens with zero attached hydrogens (tertiary/aromatic N) is 1. The number of aliphatic hydroxyl groups excluding tert-OH is 1. The van der Waals surface area contributed by atoms with Crippen molar-refractivity contribution < 1.29 is 24.2 Å². The zero-order chi connectivity index (χ0) is 18.6. The van der Waals surface area contributed by atoms with Crippen LogP contribution in [-0.4, -0.2) is 29.9 Å². The minimum Gasteiger partial charge on any atom is -0.508 e. The van der Waals surface area contributed by atoms with Gasteiger partial charge in [0.15, 0.2) is 0 Å². The molecule has 1 aliphatic rings. The van der Waals surface area contributed by atoms with Gasteiger partial charge in [0.1, 0.15) is 11.3 Å². The Morgan fingerprint density at radius 3 is 2.28 bits per heavy atom. The molecule has 0 saturated carbocycles. The summed E-state index contributed by atoms with van der Waals surface area (Å²) in [6.45, 7) is 2.90. The van der Waals surface area contributed by atoms with Gasteiger partial charge in [-0.3, -0.25) is 0 Å². The van der Waals surface area contributed by atoms with Crippen LogP contribution in [0.15, 0.2) is 60.0 Å². The maximum Gasteiger partial charge on any atom is 0.348 e. The molecule has 0 bridgehead atoms. The number of ether oxygens (including phenoxy) is 2. The predicted molar refractivity (Wildman–Crippen MR) is 94.1 cm³/mol. The van der Waals surface area contributed by atoms with Gasteiger partial charge in [0.2, 0.25) is 0 Å². The van der Waals surface area contributed by atoms with E-state index >= 15 is 0 Å². The van der Waals surface area contributed by atoms with Crippen LogP contribution in [-0.2, 0) is 19.1 Å². The molecule has 132 valence electrons. The molecular formula is C18H18ClNO5. The van der Waals surface area contributed by atoms with Crippen molar-refractivity contribution in [1.29, 1.82) is 0 Å². The number of cyclic esters (lactones) is 2. The monoisotopic (exact) mass is 363 g/mol. The van der Waals surface area contributed by atoms with Gasteiger partial charge in [0.05, 0.1) is 0 Å². The lowest BCUT2D eigenvalue weighted by Gasteiger charge is -2.29. The largest absolute Gasteiger partial charge is 0.508 e. The van der Waals surface area contributed by atoms with Crippen LogP contribution < -0.4 is 4.90 Å². The molecule has 25 heavy (non-hydrogen) atoms. The summed E-state index contributed by atoms with van der Waals surface area (Å²) in [5, 5.41) is 10.5. The number of hydrogen-bond acceptors (Lipinski definition) is 6. The van der Waals surface area contributed by atoms with Crippen LogP contribution in [0.5, 0.6) is 0 Å². The van der Waals surface area contributed by atoms with Gasteiger partial charge in [-0.2, -0.15) is 0 Å². The quantitative estimate of drug-likeness (QED) is 0.290. The van der Waals surface area contributed by atoms with Crippen LogP contribution in [0.25, 0.3) is 0 Å². The minimum absolute atomic E-state index is 0.288. The lowest BCUT2D eigenvalue weighted by Crippen LogP contribution is -2.41. The molecule has 0 aliphatic carbocycles. The number of hydrogen-bond donors (Lipinski definition) is 1. The number of rotatable bonds is 4. The molecule has 0 atom stereocenters. The van der Waals surface area contributed by atoms with Crippen LogP contribution in [0.4, 0.5) is 5.69 Å². The SMILES string of the molecule is CN(/C=C/C=C(\O)C=C1C(=O)OC(C)(C)OC1=O)c1ccc(Cl)cc1. The van der Waals surface area contributed by atoms with Crippen molar-refractivity contribution in [1.82, 2.24) is 0 Å². The second kappa shape index (κ2) is 7.44. The molecule has 0 amide bonds. The lowest BCUT2D eigenvalue weighted by molar-refractivity contribution is -0.222. The normalized spacial score (nSPS) is 17.3. The standard InChI is InChI=1S/C18H18ClNO5/c1-18(2)24-16(22)15(17(23)25-18)11-14(21)5-4-10-20(3)13-8-6-12(19)7-9-13/h4-11,21H,1-3H3/b10-4+,14-5-. The molecule has 1 N–H and O–H groups in total. The van der Waals surface area contributed by atoms with Crippen LogP contribution in [0.1, 0.15) is 13.8 Å². The van der Waals surface area contributed by atoms with Crippen LogP contribution in [0.2, 0.25) is 5.02 Å². The van der Waals surface area contributed by atoms with Gasteiger partial charge < -0.3 is 19.5 Å². The highest BCUT2D eigenvalue weighted by Gasteiger charge is 2.38. The molecule has 0 unspecified atom stereocenters. The Hall–Kier alpha value is -2.73. The van der Waals surface area contributed by atoms with Crippen molar-refractivity contribution in [3.8, 4) is 0 Å². The number of halogens is 1. The third-order valence-electron chi connectivity index (χ3n) is 3.22. The zero-order valence-corrected chi connectivity index (χ0v) is 14.8. The Morgan fingerprint density at radius 2 is 1.72 bits per heavy atom. The third-order valence-corrected chi connectivity index (χ3v) is 3.47. The van der Waals surface area contributed by atoms with Crippen molar-refractivity contribution >= 4 is 29.2 Å². The highest BCUT2D eigenvalue weighted by Crippen LogP contribution is 2.23. The second-order valence-electron chi connectivity index (χ2n) is 5.76. The number of esters is 2. The average molecular weight is 364 g/mol. The van der Waals surface area contributed by atoms with E-state index in [1.54, 1.807) is 29.3 Å². The fourth-order valence-electron chi connectivity index (χ4n) is 2.01. The first kappa shape index (κ1) is 18.6. The van der Waals surface area contributed by atoms with Crippen molar-refractivity contribution in [2.45, 2.75) is 19.6 Å². The molecule has 1 aromatic carbocycles. The minimum atomic E-state index is -1.31. The molecule has 1 fully saturated rings. The first-order chi connectivity index (χ1) is 11.7. The number of aliphatic hydroxyl groups is 1. The molecular weight excluding hydrogens is 346 g/mol. The van der Waals surface area contributed by atoms with Gasteiger partial charge in [0, 0.05) is 43.9 Å². The number of benzene rings is 1. The van der Waals surface area contributed by atoms with Crippen LogP contribution in [0, 0.1) is 0 Å². The predicted octanol–water partition coefficient (Wildman–Crippen LogP) is 3.49. The summed E-state index contributed by atoms with van der Waals surface area (Å²) in [7, 11) is 1.82. The topological polar surface area (TPSA) is 76.1 Å². The molecule has 7 heteroatoms. The van der Waals surface area contributed by atoms with Gasteiger partial charge in [-0.05, 0) is 36.4 Å². The molecule has 1 heterocycles. The van der Waals surface area contributed by atoms with E-state index in [0.717, 1.165) is 11.8 Å². The van der Waals surface area contributed by atoms with E-state index < -0.39 is 17.7 Å². The Kier molecular flexibility index (Phi) is 5.54. The van der Waals surface area contributed by atoms with Crippen LogP contribution in [0.3, 0.4) is 0 Å². The van der Waals surface area contributed by atoms with Crippen molar-refractivity contribution in [2.75, 3.05) is 11.9 Å². The lowest BCUT2D eigenvalue weighted by atomic mass is 10.2. The van der Waals surface area contributed by atoms with Crippen LogP contribution >= 0.6 is 11.6 Å². The van der Waals surface area contributed by atoms with Gasteiger partial charge in [-0.1, -0.05) is 11.6 Å². The van der Waals surface area contributed by atoms with Gasteiger partial charge in [-0.25, -0.2) is 9.59 Å². The maximum atomic E-state index is 11.8. The average Bonchev–Trinajstić information content (AvgIpc) is 2.50. The van der Waals surface area contributed by atoms with Crippen molar-refractivity contribution in [2.24, 2.45) is 0 Å². The summed E-state index contributed by atoms with van der Waals surface area (Å²) in [6, 6.07) is 7.21. The molecule has 6 nitrogen and oxygen atoms in total. The fourth-order valence-corrected chi connectivity index (χ4v) is 2.13. The van der Waals surface area contributed by atoms with E-state index in [2.05, 4.69) is 0 Å².